The summed E-state index contributed by atoms with van der Waals surface area (Å²) in [5.74, 6) is -0.536. The van der Waals surface area contributed by atoms with Crippen LogP contribution in [0.5, 0.6) is 5.75 Å². The Bertz CT molecular complexity index is 1050. The maximum absolute atomic E-state index is 12.4. The number of benzene rings is 1. The number of carbonyl (C=O) groups excluding carboxylic acids is 2. The van der Waals surface area contributed by atoms with Gasteiger partial charge in [-0.2, -0.15) is 0 Å². The fourth-order valence-corrected chi connectivity index (χ4v) is 5.68. The van der Waals surface area contributed by atoms with Crippen molar-refractivity contribution in [1.29, 1.82) is 0 Å². The van der Waals surface area contributed by atoms with Gasteiger partial charge >= 0.3 is 5.97 Å². The van der Waals surface area contributed by atoms with E-state index in [2.05, 4.69) is 10.6 Å². The number of hydrogen-bond acceptors (Lipinski definition) is 7. The summed E-state index contributed by atoms with van der Waals surface area (Å²) in [7, 11) is 1.61. The monoisotopic (exact) mass is 433 g/mol. The lowest BCUT2D eigenvalue weighted by Crippen LogP contribution is -2.70. The van der Waals surface area contributed by atoms with E-state index in [9.17, 15) is 19.5 Å². The molecule has 3 N–H and O–H groups in total. The van der Waals surface area contributed by atoms with Crippen molar-refractivity contribution in [3.63, 3.8) is 0 Å². The van der Waals surface area contributed by atoms with Gasteiger partial charge < -0.3 is 20.5 Å². The van der Waals surface area contributed by atoms with Crippen LogP contribution in [-0.4, -0.2) is 58.6 Å². The van der Waals surface area contributed by atoms with Crippen LogP contribution in [0.3, 0.4) is 0 Å². The number of hydrogen-bond donors (Lipinski definition) is 3. The molecular weight excluding hydrogens is 414 g/mol. The minimum atomic E-state index is -1.12. The maximum atomic E-state index is 12.4. The Kier molecular flexibility index (Phi) is 5.13. The molecule has 0 radical (unpaired) electrons. The van der Waals surface area contributed by atoms with Gasteiger partial charge in [0.05, 0.1) is 19.3 Å². The average molecular weight is 434 g/mol. The first-order valence-electron chi connectivity index (χ1n) is 8.87. The Balaban J connectivity index is 1.38. The summed E-state index contributed by atoms with van der Waals surface area (Å²) in [4.78, 5) is 37.5. The Hall–Kier alpha value is -2.72. The van der Waals surface area contributed by atoms with Crippen LogP contribution < -0.4 is 15.4 Å². The van der Waals surface area contributed by atoms with Crippen LogP contribution in [-0.2, 0) is 14.4 Å². The van der Waals surface area contributed by atoms with Crippen LogP contribution in [0.15, 0.2) is 34.8 Å². The SMILES string of the molecule is COc1ccc2c(NCC(=O)NC3C(=O)N4C(C(=O)O)=C(C)CS[C@@H]34)csc2c1. The van der Waals surface area contributed by atoms with Gasteiger partial charge in [0, 0.05) is 21.2 Å². The van der Waals surface area contributed by atoms with E-state index in [0.29, 0.717) is 11.3 Å². The first-order valence-corrected chi connectivity index (χ1v) is 10.8. The second-order valence-corrected chi connectivity index (χ2v) is 8.77. The van der Waals surface area contributed by atoms with E-state index in [1.165, 1.54) is 16.7 Å². The van der Waals surface area contributed by atoms with Crippen molar-refractivity contribution in [2.75, 3.05) is 24.7 Å². The molecule has 2 aliphatic rings. The number of carboxylic acid groups (broad SMARTS) is 1. The number of fused-ring (bicyclic) bond motifs is 2. The summed E-state index contributed by atoms with van der Waals surface area (Å²) >= 11 is 3.00. The zero-order valence-electron chi connectivity index (χ0n) is 15.7. The molecule has 1 aromatic heterocycles. The molecular formula is C19H19N3O5S2. The summed E-state index contributed by atoms with van der Waals surface area (Å²) in [6.07, 6.45) is 0. The zero-order valence-corrected chi connectivity index (χ0v) is 17.4. The van der Waals surface area contributed by atoms with E-state index in [0.717, 1.165) is 21.5 Å². The smallest absolute Gasteiger partial charge is 0.352 e. The van der Waals surface area contributed by atoms with E-state index in [4.69, 9.17) is 4.74 Å². The molecule has 1 fully saturated rings. The molecule has 2 aliphatic heterocycles. The first-order chi connectivity index (χ1) is 13.9. The van der Waals surface area contributed by atoms with Gasteiger partial charge in [-0.3, -0.25) is 14.5 Å². The maximum Gasteiger partial charge on any atom is 0.352 e. The van der Waals surface area contributed by atoms with E-state index in [1.807, 2.05) is 23.6 Å². The predicted octanol–water partition coefficient (Wildman–Crippen LogP) is 2.08. The number of carbonyl (C=O) groups is 3. The van der Waals surface area contributed by atoms with Crippen LogP contribution in [0.1, 0.15) is 6.92 Å². The first kappa shape index (κ1) is 19.6. The standard InChI is InChI=1S/C19H19N3O5S2/c1-9-7-29-18-15(17(24)22(18)16(9)19(25)26)21-14(23)6-20-12-8-28-13-5-10(27-2)3-4-11(12)13/h3-5,8,15,18,20H,6-7H2,1-2H3,(H,21,23)(H,25,26)/t15?,18-/m0/s1. The second-order valence-electron chi connectivity index (χ2n) is 6.75. The quantitative estimate of drug-likeness (QED) is 0.599. The molecule has 2 aromatic rings. The van der Waals surface area contributed by atoms with Crippen molar-refractivity contribution < 1.29 is 24.2 Å². The lowest BCUT2D eigenvalue weighted by Gasteiger charge is -2.49. The number of nitrogens with one attached hydrogen (secondary N) is 2. The summed E-state index contributed by atoms with van der Waals surface area (Å²) < 4.78 is 6.26. The highest BCUT2D eigenvalue weighted by Gasteiger charge is 2.53. The summed E-state index contributed by atoms with van der Waals surface area (Å²) in [5.41, 5.74) is 1.52. The number of rotatable bonds is 6. The molecule has 0 bridgehead atoms. The largest absolute Gasteiger partial charge is 0.497 e. The van der Waals surface area contributed by atoms with Gasteiger partial charge in [-0.15, -0.1) is 23.1 Å². The number of thiophene rings is 1. The number of nitrogens with zero attached hydrogens (tertiary/aromatic N) is 1. The average Bonchev–Trinajstić information content (AvgIpc) is 3.12. The topological polar surface area (TPSA) is 108 Å². The molecule has 0 spiro atoms. The van der Waals surface area contributed by atoms with Crippen molar-refractivity contribution in [3.8, 4) is 5.75 Å². The lowest BCUT2D eigenvalue weighted by atomic mass is 10.0. The second kappa shape index (κ2) is 7.60. The van der Waals surface area contributed by atoms with Gasteiger partial charge in [0.2, 0.25) is 5.91 Å². The fourth-order valence-electron chi connectivity index (χ4n) is 3.45. The van der Waals surface area contributed by atoms with E-state index < -0.39 is 12.0 Å². The molecule has 1 aromatic carbocycles. The van der Waals surface area contributed by atoms with Crippen molar-refractivity contribution in [3.05, 3.63) is 34.8 Å². The molecule has 4 rings (SSSR count). The number of ether oxygens (including phenoxy) is 1. The molecule has 3 heterocycles. The minimum Gasteiger partial charge on any atom is -0.497 e. The molecule has 0 saturated carbocycles. The number of anilines is 1. The highest BCUT2D eigenvalue weighted by atomic mass is 32.2. The molecule has 2 amide bonds. The van der Waals surface area contributed by atoms with Crippen LogP contribution in [0.2, 0.25) is 0 Å². The number of amides is 2. The molecule has 1 unspecified atom stereocenters. The summed E-state index contributed by atoms with van der Waals surface area (Å²) in [5, 5.41) is 17.7. The van der Waals surface area contributed by atoms with Crippen molar-refractivity contribution in [2.45, 2.75) is 18.3 Å². The fraction of sp³-hybridized carbons (Fsp3) is 0.316. The Labute approximate surface area is 174 Å². The molecule has 152 valence electrons. The molecule has 10 heteroatoms. The Morgan fingerprint density at radius 3 is 2.90 bits per heavy atom. The van der Waals surface area contributed by atoms with Gasteiger partial charge in [-0.05, 0) is 30.7 Å². The third-order valence-corrected chi connectivity index (χ3v) is 7.27. The van der Waals surface area contributed by atoms with Crippen LogP contribution in [0, 0.1) is 0 Å². The normalized spacial score (nSPS) is 20.9. The third-order valence-electron chi connectivity index (χ3n) is 4.90. The van der Waals surface area contributed by atoms with Crippen molar-refractivity contribution in [1.82, 2.24) is 10.2 Å². The highest BCUT2D eigenvalue weighted by Crippen LogP contribution is 2.40. The van der Waals surface area contributed by atoms with Gasteiger partial charge in [-0.1, -0.05) is 0 Å². The summed E-state index contributed by atoms with van der Waals surface area (Å²) in [6.45, 7) is 1.72. The predicted molar refractivity (Wildman–Crippen MR) is 112 cm³/mol. The zero-order chi connectivity index (χ0) is 20.7. The Morgan fingerprint density at radius 1 is 1.38 bits per heavy atom. The van der Waals surface area contributed by atoms with Crippen LogP contribution in [0.25, 0.3) is 10.1 Å². The lowest BCUT2D eigenvalue weighted by molar-refractivity contribution is -0.150. The number of aliphatic carboxylic acids is 1. The van der Waals surface area contributed by atoms with Crippen molar-refractivity contribution in [2.24, 2.45) is 0 Å². The number of methoxy groups -OCH3 is 1. The molecule has 0 aliphatic carbocycles. The number of β-lactam (4-membered cyclic amide) rings is 1. The third kappa shape index (κ3) is 3.42. The minimum absolute atomic E-state index is 0.0136. The van der Waals surface area contributed by atoms with Crippen molar-refractivity contribution >= 4 is 56.7 Å². The van der Waals surface area contributed by atoms with Crippen LogP contribution >= 0.6 is 23.1 Å². The number of thioether (sulfide) groups is 1. The van der Waals surface area contributed by atoms with E-state index in [-0.39, 0.29) is 29.4 Å². The van der Waals surface area contributed by atoms with Crippen LogP contribution in [0.4, 0.5) is 5.69 Å². The van der Waals surface area contributed by atoms with Gasteiger partial charge in [0.1, 0.15) is 22.9 Å². The highest BCUT2D eigenvalue weighted by molar-refractivity contribution is 8.00. The molecule has 2 atom stereocenters. The Morgan fingerprint density at radius 2 is 2.17 bits per heavy atom. The van der Waals surface area contributed by atoms with E-state index in [1.54, 1.807) is 25.4 Å². The van der Waals surface area contributed by atoms with Gasteiger partial charge in [-0.25, -0.2) is 4.79 Å². The summed E-state index contributed by atoms with van der Waals surface area (Å²) in [6, 6.07) is 5.01. The molecule has 29 heavy (non-hydrogen) atoms. The number of carboxylic acids is 1. The molecule has 1 saturated heterocycles. The molecule has 8 nitrogen and oxygen atoms in total. The van der Waals surface area contributed by atoms with Gasteiger partial charge in [0.15, 0.2) is 0 Å². The van der Waals surface area contributed by atoms with E-state index >= 15 is 0 Å². The van der Waals surface area contributed by atoms with Gasteiger partial charge in [0.25, 0.3) is 5.91 Å².